The van der Waals surface area contributed by atoms with Gasteiger partial charge < -0.3 is 9.62 Å². The number of halogens is 1. The third-order valence-corrected chi connectivity index (χ3v) is 3.81. The molecule has 5 heteroatoms. The Morgan fingerprint density at radius 3 is 2.82 bits per heavy atom. The van der Waals surface area contributed by atoms with E-state index in [9.17, 15) is 4.39 Å². The lowest BCUT2D eigenvalue weighted by atomic mass is 10.2. The number of hydrogen-bond acceptors (Lipinski definition) is 4. The second-order valence-corrected chi connectivity index (χ2v) is 5.49. The Kier molecular flexibility index (Phi) is 2.50. The smallest absolute Gasteiger partial charge is 0.126 e. The second kappa shape index (κ2) is 3.91. The average Bonchev–Trinajstić information content (AvgIpc) is 3.11. The minimum Gasteiger partial charge on any atom is -0.376 e. The van der Waals surface area contributed by atoms with E-state index in [0.29, 0.717) is 5.92 Å². The molecule has 1 aromatic rings. The maximum atomic E-state index is 13.5. The minimum absolute atomic E-state index is 0.216. The lowest BCUT2D eigenvalue weighted by Gasteiger charge is -2.22. The van der Waals surface area contributed by atoms with Gasteiger partial charge in [-0.2, -0.15) is 0 Å². The van der Waals surface area contributed by atoms with Crippen LogP contribution in [0.25, 0.3) is 0 Å². The first-order valence-corrected chi connectivity index (χ1v) is 6.49. The first kappa shape index (κ1) is 10.9. The van der Waals surface area contributed by atoms with Crippen molar-refractivity contribution in [2.45, 2.75) is 17.7 Å². The van der Waals surface area contributed by atoms with Crippen molar-refractivity contribution >= 4 is 29.2 Å². The fourth-order valence-corrected chi connectivity index (χ4v) is 2.72. The molecule has 90 valence electrons. The Bertz CT molecular complexity index is 495. The summed E-state index contributed by atoms with van der Waals surface area (Å²) in [6.07, 6.45) is 2.42. The predicted octanol–water partition coefficient (Wildman–Crippen LogP) is 2.94. The van der Waals surface area contributed by atoms with Gasteiger partial charge in [-0.25, -0.2) is 9.38 Å². The van der Waals surface area contributed by atoms with Gasteiger partial charge in [0.15, 0.2) is 0 Å². The largest absolute Gasteiger partial charge is 0.376 e. The highest BCUT2D eigenvalue weighted by atomic mass is 32.2. The summed E-state index contributed by atoms with van der Waals surface area (Å²) < 4.78 is 16.7. The molecule has 1 aromatic carbocycles. The van der Waals surface area contributed by atoms with Crippen molar-refractivity contribution < 1.29 is 4.39 Å². The van der Waals surface area contributed by atoms with Crippen molar-refractivity contribution in [1.82, 2.24) is 4.72 Å². The van der Waals surface area contributed by atoms with Crippen LogP contribution in [-0.4, -0.2) is 19.9 Å². The van der Waals surface area contributed by atoms with E-state index in [-0.39, 0.29) is 5.82 Å². The summed E-state index contributed by atoms with van der Waals surface area (Å²) in [5.41, 5.74) is 1.73. The van der Waals surface area contributed by atoms with Gasteiger partial charge in [0.05, 0.1) is 10.6 Å². The molecule has 2 aliphatic rings. The van der Waals surface area contributed by atoms with Crippen molar-refractivity contribution in [2.75, 3.05) is 19.0 Å². The van der Waals surface area contributed by atoms with E-state index >= 15 is 0 Å². The van der Waals surface area contributed by atoms with E-state index in [0.717, 1.165) is 22.1 Å². The molecule has 3 nitrogen and oxygen atoms in total. The molecule has 0 aromatic heterocycles. The Morgan fingerprint density at radius 2 is 2.18 bits per heavy atom. The number of benzene rings is 1. The van der Waals surface area contributed by atoms with E-state index < -0.39 is 0 Å². The summed E-state index contributed by atoms with van der Waals surface area (Å²) in [5, 5.41) is 0. The van der Waals surface area contributed by atoms with Crippen molar-refractivity contribution in [3.05, 3.63) is 17.9 Å². The van der Waals surface area contributed by atoms with Gasteiger partial charge in [0.25, 0.3) is 0 Å². The van der Waals surface area contributed by atoms with Crippen LogP contribution in [0.3, 0.4) is 0 Å². The molecule has 1 aliphatic carbocycles. The number of hydrogen-bond donors (Lipinski definition) is 1. The lowest BCUT2D eigenvalue weighted by molar-refractivity contribution is 0.624. The van der Waals surface area contributed by atoms with Gasteiger partial charge in [0.1, 0.15) is 17.3 Å². The summed E-state index contributed by atoms with van der Waals surface area (Å²) in [7, 11) is 3.82. The van der Waals surface area contributed by atoms with E-state index in [1.807, 2.05) is 19.0 Å². The standard InChI is InChI=1S/C12H14FN3S/c1-16(2)9-5-8(13)6-10-11(9)14-12(15-17-10)7-3-4-7/h5-7H,3-4H2,1-2H3,(H,14,15). The summed E-state index contributed by atoms with van der Waals surface area (Å²) in [6.45, 7) is 0. The first-order chi connectivity index (χ1) is 8.15. The Hall–Kier alpha value is -1.23. The zero-order valence-corrected chi connectivity index (χ0v) is 10.6. The molecule has 0 atom stereocenters. The van der Waals surface area contributed by atoms with Crippen LogP contribution in [0, 0.1) is 11.7 Å². The number of nitrogens with zero attached hydrogens (tertiary/aromatic N) is 2. The molecule has 0 bridgehead atoms. The highest BCUT2D eigenvalue weighted by molar-refractivity contribution is 7.98. The van der Waals surface area contributed by atoms with E-state index in [1.165, 1.54) is 30.9 Å². The third-order valence-electron chi connectivity index (χ3n) is 2.96. The fraction of sp³-hybridized carbons (Fsp3) is 0.417. The Balaban J connectivity index is 2.10. The van der Waals surface area contributed by atoms with Gasteiger partial charge >= 0.3 is 0 Å². The number of fused-ring (bicyclic) bond motifs is 1. The summed E-state index contributed by atoms with van der Waals surface area (Å²) in [4.78, 5) is 7.41. The lowest BCUT2D eigenvalue weighted by Crippen LogP contribution is -2.21. The quantitative estimate of drug-likeness (QED) is 0.819. The van der Waals surface area contributed by atoms with Crippen LogP contribution in [0.2, 0.25) is 0 Å². The number of aliphatic imine (C=N–C) groups is 1. The Labute approximate surface area is 104 Å². The van der Waals surface area contributed by atoms with Gasteiger partial charge in [-0.05, 0) is 36.9 Å². The van der Waals surface area contributed by atoms with Crippen LogP contribution in [-0.2, 0) is 0 Å². The van der Waals surface area contributed by atoms with Crippen LogP contribution in [0.4, 0.5) is 15.8 Å². The van der Waals surface area contributed by atoms with Crippen molar-refractivity contribution in [3.63, 3.8) is 0 Å². The number of nitrogens with one attached hydrogen (secondary N) is 1. The highest BCUT2D eigenvalue weighted by Crippen LogP contribution is 2.43. The molecule has 0 amide bonds. The molecular weight excluding hydrogens is 237 g/mol. The first-order valence-electron chi connectivity index (χ1n) is 5.67. The molecule has 1 fully saturated rings. The van der Waals surface area contributed by atoms with Crippen molar-refractivity contribution in [1.29, 1.82) is 0 Å². The average molecular weight is 251 g/mol. The monoisotopic (exact) mass is 251 g/mol. The molecule has 17 heavy (non-hydrogen) atoms. The van der Waals surface area contributed by atoms with Gasteiger partial charge in [-0.1, -0.05) is 0 Å². The van der Waals surface area contributed by atoms with Crippen LogP contribution in [0.15, 0.2) is 22.0 Å². The van der Waals surface area contributed by atoms with Gasteiger partial charge in [0, 0.05) is 20.0 Å². The topological polar surface area (TPSA) is 27.6 Å². The van der Waals surface area contributed by atoms with Crippen molar-refractivity contribution in [2.24, 2.45) is 10.9 Å². The van der Waals surface area contributed by atoms with Gasteiger partial charge in [-0.15, -0.1) is 0 Å². The molecule has 0 radical (unpaired) electrons. The minimum atomic E-state index is -0.216. The fourth-order valence-electron chi connectivity index (χ4n) is 1.87. The molecule has 1 heterocycles. The summed E-state index contributed by atoms with van der Waals surface area (Å²) in [5.74, 6) is 1.40. The molecular formula is C12H14FN3S. The number of anilines is 1. The zero-order valence-electron chi connectivity index (χ0n) is 9.83. The van der Waals surface area contributed by atoms with E-state index in [4.69, 9.17) is 0 Å². The molecule has 0 saturated heterocycles. The molecule has 3 rings (SSSR count). The van der Waals surface area contributed by atoms with Crippen LogP contribution in [0.1, 0.15) is 12.8 Å². The normalized spacial score (nSPS) is 18.2. The maximum absolute atomic E-state index is 13.5. The zero-order chi connectivity index (χ0) is 12.0. The third kappa shape index (κ3) is 1.99. The molecule has 0 unspecified atom stereocenters. The Morgan fingerprint density at radius 1 is 1.41 bits per heavy atom. The predicted molar refractivity (Wildman–Crippen MR) is 69.5 cm³/mol. The molecule has 1 N–H and O–H groups in total. The highest BCUT2D eigenvalue weighted by Gasteiger charge is 2.30. The number of rotatable bonds is 2. The maximum Gasteiger partial charge on any atom is 0.126 e. The van der Waals surface area contributed by atoms with Crippen molar-refractivity contribution in [3.8, 4) is 0 Å². The molecule has 1 saturated carbocycles. The van der Waals surface area contributed by atoms with Gasteiger partial charge in [-0.3, -0.25) is 0 Å². The number of amidine groups is 1. The van der Waals surface area contributed by atoms with E-state index in [1.54, 1.807) is 6.07 Å². The van der Waals surface area contributed by atoms with E-state index in [2.05, 4.69) is 9.71 Å². The van der Waals surface area contributed by atoms with Crippen LogP contribution in [0.5, 0.6) is 0 Å². The SMILES string of the molecule is CN(C)c1cc(F)cc2c1N=C(C1CC1)NS2. The second-order valence-electron chi connectivity index (χ2n) is 4.64. The van der Waals surface area contributed by atoms with Crippen LogP contribution >= 0.6 is 11.9 Å². The summed E-state index contributed by atoms with van der Waals surface area (Å²) in [6, 6.07) is 3.08. The van der Waals surface area contributed by atoms with Crippen LogP contribution < -0.4 is 9.62 Å². The molecule has 1 aliphatic heterocycles. The summed E-state index contributed by atoms with van der Waals surface area (Å²) >= 11 is 1.46. The van der Waals surface area contributed by atoms with Gasteiger partial charge in [0.2, 0.25) is 0 Å². The molecule has 0 spiro atoms.